The van der Waals surface area contributed by atoms with E-state index >= 15 is 0 Å². The summed E-state index contributed by atoms with van der Waals surface area (Å²) in [5.41, 5.74) is 0. The lowest BCUT2D eigenvalue weighted by molar-refractivity contribution is -0.152. The van der Waals surface area contributed by atoms with E-state index in [0.29, 0.717) is 5.92 Å². The van der Waals surface area contributed by atoms with E-state index in [1.54, 1.807) is 0 Å². The highest BCUT2D eigenvalue weighted by molar-refractivity contribution is 4.74. The first-order valence-corrected chi connectivity index (χ1v) is 6.47. The second kappa shape index (κ2) is 6.49. The Labute approximate surface area is 94.0 Å². The van der Waals surface area contributed by atoms with Crippen molar-refractivity contribution in [2.75, 3.05) is 0 Å². The summed E-state index contributed by atoms with van der Waals surface area (Å²) in [6.07, 6.45) is 6.58. The van der Waals surface area contributed by atoms with Gasteiger partial charge in [0.25, 0.3) is 0 Å². The Morgan fingerprint density at radius 3 is 2.40 bits per heavy atom. The molecule has 0 aromatic rings. The van der Waals surface area contributed by atoms with E-state index in [9.17, 15) is 5.11 Å². The highest BCUT2D eigenvalue weighted by Crippen LogP contribution is 2.31. The molecule has 1 N–H and O–H groups in total. The molecule has 0 spiro atoms. The summed E-state index contributed by atoms with van der Waals surface area (Å²) in [6.45, 7) is 6.51. The number of hydrogen-bond acceptors (Lipinski definition) is 2. The molecule has 1 saturated carbocycles. The van der Waals surface area contributed by atoms with Crippen molar-refractivity contribution in [1.82, 2.24) is 0 Å². The summed E-state index contributed by atoms with van der Waals surface area (Å²) in [6, 6.07) is 0. The zero-order valence-corrected chi connectivity index (χ0v) is 10.4. The average Bonchev–Trinajstić information content (AvgIpc) is 2.18. The van der Waals surface area contributed by atoms with E-state index < -0.39 is 6.29 Å². The van der Waals surface area contributed by atoms with E-state index in [1.807, 2.05) is 0 Å². The molecule has 0 bridgehead atoms. The van der Waals surface area contributed by atoms with Crippen LogP contribution in [0.2, 0.25) is 0 Å². The lowest BCUT2D eigenvalue weighted by atomic mass is 9.80. The van der Waals surface area contributed by atoms with E-state index in [1.165, 1.54) is 25.7 Å². The van der Waals surface area contributed by atoms with Gasteiger partial charge in [-0.05, 0) is 38.0 Å². The first-order valence-electron chi connectivity index (χ1n) is 6.47. The molecule has 1 aliphatic rings. The maximum atomic E-state index is 9.58. The standard InChI is InChI=1S/C13H26O2/c1-4-5-13(14)15-11(3)12-8-6-10(2)7-9-12/h10-14H,4-9H2,1-3H3. The normalized spacial score (nSPS) is 31.2. The highest BCUT2D eigenvalue weighted by Gasteiger charge is 2.24. The first kappa shape index (κ1) is 13.0. The van der Waals surface area contributed by atoms with Crippen molar-refractivity contribution in [2.45, 2.75) is 71.7 Å². The Morgan fingerprint density at radius 1 is 1.27 bits per heavy atom. The molecule has 0 saturated heterocycles. The van der Waals surface area contributed by atoms with Crippen LogP contribution in [0.3, 0.4) is 0 Å². The number of aliphatic hydroxyl groups is 1. The van der Waals surface area contributed by atoms with Crippen molar-refractivity contribution in [1.29, 1.82) is 0 Å². The molecule has 1 fully saturated rings. The second-order valence-electron chi connectivity index (χ2n) is 5.10. The van der Waals surface area contributed by atoms with Crippen molar-refractivity contribution >= 4 is 0 Å². The molecule has 2 unspecified atom stereocenters. The van der Waals surface area contributed by atoms with Crippen LogP contribution >= 0.6 is 0 Å². The topological polar surface area (TPSA) is 29.5 Å². The molecule has 0 aromatic carbocycles. The zero-order chi connectivity index (χ0) is 11.3. The van der Waals surface area contributed by atoms with Crippen molar-refractivity contribution in [3.05, 3.63) is 0 Å². The number of aliphatic hydroxyl groups excluding tert-OH is 1. The summed E-state index contributed by atoms with van der Waals surface area (Å²) < 4.78 is 5.62. The zero-order valence-electron chi connectivity index (χ0n) is 10.4. The maximum absolute atomic E-state index is 9.58. The number of hydrogen-bond donors (Lipinski definition) is 1. The van der Waals surface area contributed by atoms with Crippen LogP contribution in [-0.4, -0.2) is 17.5 Å². The van der Waals surface area contributed by atoms with E-state index in [-0.39, 0.29) is 6.10 Å². The van der Waals surface area contributed by atoms with Gasteiger partial charge in [-0.15, -0.1) is 0 Å². The molecule has 90 valence electrons. The number of ether oxygens (including phenoxy) is 1. The molecular formula is C13H26O2. The van der Waals surface area contributed by atoms with Gasteiger partial charge in [-0.3, -0.25) is 0 Å². The molecule has 0 aromatic heterocycles. The maximum Gasteiger partial charge on any atom is 0.154 e. The summed E-state index contributed by atoms with van der Waals surface area (Å²) in [5.74, 6) is 1.54. The molecule has 0 radical (unpaired) electrons. The van der Waals surface area contributed by atoms with E-state index in [4.69, 9.17) is 4.74 Å². The van der Waals surface area contributed by atoms with Gasteiger partial charge in [0.15, 0.2) is 6.29 Å². The van der Waals surface area contributed by atoms with Gasteiger partial charge in [0.2, 0.25) is 0 Å². The molecular weight excluding hydrogens is 188 g/mol. The Kier molecular flexibility index (Phi) is 5.62. The van der Waals surface area contributed by atoms with Crippen molar-refractivity contribution in [3.8, 4) is 0 Å². The Bertz CT molecular complexity index is 162. The fourth-order valence-electron chi connectivity index (χ4n) is 2.43. The lowest BCUT2D eigenvalue weighted by Crippen LogP contribution is -2.29. The molecule has 1 aliphatic carbocycles. The van der Waals surface area contributed by atoms with Gasteiger partial charge >= 0.3 is 0 Å². The third-order valence-corrected chi connectivity index (χ3v) is 3.63. The van der Waals surface area contributed by atoms with Gasteiger partial charge in [-0.25, -0.2) is 0 Å². The van der Waals surface area contributed by atoms with Gasteiger partial charge in [-0.2, -0.15) is 0 Å². The predicted octanol–water partition coefficient (Wildman–Crippen LogP) is 3.34. The monoisotopic (exact) mass is 214 g/mol. The first-order chi connectivity index (χ1) is 7.13. The second-order valence-corrected chi connectivity index (χ2v) is 5.10. The predicted molar refractivity (Wildman–Crippen MR) is 62.6 cm³/mol. The minimum Gasteiger partial charge on any atom is -0.368 e. The summed E-state index contributed by atoms with van der Waals surface area (Å²) in [4.78, 5) is 0. The summed E-state index contributed by atoms with van der Waals surface area (Å²) in [5, 5.41) is 9.58. The highest BCUT2D eigenvalue weighted by atomic mass is 16.6. The molecule has 0 aliphatic heterocycles. The molecule has 0 heterocycles. The van der Waals surface area contributed by atoms with Gasteiger partial charge in [0, 0.05) is 0 Å². The Hall–Kier alpha value is -0.0800. The fourth-order valence-corrected chi connectivity index (χ4v) is 2.43. The summed E-state index contributed by atoms with van der Waals surface area (Å²) >= 11 is 0. The smallest absolute Gasteiger partial charge is 0.154 e. The van der Waals surface area contributed by atoms with Crippen LogP contribution in [0.25, 0.3) is 0 Å². The Balaban J connectivity index is 2.24. The van der Waals surface area contributed by atoms with Crippen LogP contribution in [0.4, 0.5) is 0 Å². The molecule has 1 rings (SSSR count). The van der Waals surface area contributed by atoms with Gasteiger partial charge < -0.3 is 9.84 Å². The van der Waals surface area contributed by atoms with Crippen molar-refractivity contribution in [3.63, 3.8) is 0 Å². The average molecular weight is 214 g/mol. The summed E-state index contributed by atoms with van der Waals surface area (Å²) in [7, 11) is 0. The van der Waals surface area contributed by atoms with Crippen LogP contribution < -0.4 is 0 Å². The molecule has 0 amide bonds. The molecule has 15 heavy (non-hydrogen) atoms. The van der Waals surface area contributed by atoms with Crippen LogP contribution in [0.5, 0.6) is 0 Å². The van der Waals surface area contributed by atoms with Crippen LogP contribution in [0, 0.1) is 11.8 Å². The fraction of sp³-hybridized carbons (Fsp3) is 1.00. The third-order valence-electron chi connectivity index (χ3n) is 3.63. The quantitative estimate of drug-likeness (QED) is 0.711. The van der Waals surface area contributed by atoms with Crippen molar-refractivity contribution < 1.29 is 9.84 Å². The molecule has 2 nitrogen and oxygen atoms in total. The molecule has 2 heteroatoms. The Morgan fingerprint density at radius 2 is 1.87 bits per heavy atom. The minimum atomic E-state index is -0.552. The van der Waals surface area contributed by atoms with E-state index in [0.717, 1.165) is 18.8 Å². The SMILES string of the molecule is CCCC(O)OC(C)C1CCC(C)CC1. The molecule has 2 atom stereocenters. The van der Waals surface area contributed by atoms with Crippen molar-refractivity contribution in [2.24, 2.45) is 11.8 Å². The number of rotatable bonds is 5. The van der Waals surface area contributed by atoms with E-state index in [2.05, 4.69) is 20.8 Å². The van der Waals surface area contributed by atoms with Gasteiger partial charge in [0.1, 0.15) is 0 Å². The van der Waals surface area contributed by atoms with Gasteiger partial charge in [0.05, 0.1) is 6.10 Å². The minimum absolute atomic E-state index is 0.221. The van der Waals surface area contributed by atoms with Gasteiger partial charge in [-0.1, -0.05) is 33.1 Å². The largest absolute Gasteiger partial charge is 0.368 e. The van der Waals surface area contributed by atoms with Crippen LogP contribution in [0.1, 0.15) is 59.3 Å². The lowest BCUT2D eigenvalue weighted by Gasteiger charge is -2.31. The third kappa shape index (κ3) is 4.52. The van der Waals surface area contributed by atoms with Crippen LogP contribution in [-0.2, 0) is 4.74 Å². The van der Waals surface area contributed by atoms with Crippen LogP contribution in [0.15, 0.2) is 0 Å².